The van der Waals surface area contributed by atoms with Crippen molar-refractivity contribution in [3.05, 3.63) is 59.7 Å². The van der Waals surface area contributed by atoms with Gasteiger partial charge in [-0.15, -0.1) is 0 Å². The standard InChI is InChI=1S/C15H14N2/c1-16-14-8-5-6-12(11-14)10-13-7-3-4-9-15(13)17-2/h3-9,11H,1-2,10H2. The van der Waals surface area contributed by atoms with Crippen molar-refractivity contribution in [1.29, 1.82) is 0 Å². The number of benzene rings is 2. The van der Waals surface area contributed by atoms with Crippen molar-refractivity contribution in [2.75, 3.05) is 0 Å². The molecule has 0 amide bonds. The number of aliphatic imine (C=N–C) groups is 2. The van der Waals surface area contributed by atoms with Crippen molar-refractivity contribution < 1.29 is 0 Å². The molecule has 0 N–H and O–H groups in total. The summed E-state index contributed by atoms with van der Waals surface area (Å²) in [6, 6.07) is 16.1. The lowest BCUT2D eigenvalue weighted by atomic mass is 10.0. The molecule has 2 nitrogen and oxygen atoms in total. The van der Waals surface area contributed by atoms with Crippen LogP contribution in [0, 0.1) is 0 Å². The molecule has 2 aromatic rings. The molecule has 0 radical (unpaired) electrons. The molecule has 0 spiro atoms. The van der Waals surface area contributed by atoms with Crippen molar-refractivity contribution in [2.24, 2.45) is 9.98 Å². The molecule has 2 aromatic carbocycles. The van der Waals surface area contributed by atoms with Crippen molar-refractivity contribution in [2.45, 2.75) is 6.42 Å². The van der Waals surface area contributed by atoms with Crippen LogP contribution in [0.15, 0.2) is 58.5 Å². The van der Waals surface area contributed by atoms with Crippen molar-refractivity contribution >= 4 is 24.8 Å². The Bertz CT molecular complexity index is 544. The Labute approximate surface area is 101 Å². The summed E-state index contributed by atoms with van der Waals surface area (Å²) in [4.78, 5) is 7.95. The van der Waals surface area contributed by atoms with Gasteiger partial charge in [-0.2, -0.15) is 0 Å². The molecule has 2 heteroatoms. The van der Waals surface area contributed by atoms with Crippen LogP contribution in [0.4, 0.5) is 11.4 Å². The molecule has 0 fully saturated rings. The summed E-state index contributed by atoms with van der Waals surface area (Å²) in [5.41, 5.74) is 4.20. The largest absolute Gasteiger partial charge is 0.265 e. The Hall–Kier alpha value is -2.22. The van der Waals surface area contributed by atoms with Gasteiger partial charge in [0.2, 0.25) is 0 Å². The predicted octanol–water partition coefficient (Wildman–Crippen LogP) is 3.94. The highest BCUT2D eigenvalue weighted by Crippen LogP contribution is 2.23. The summed E-state index contributed by atoms with van der Waals surface area (Å²) >= 11 is 0. The van der Waals surface area contributed by atoms with E-state index >= 15 is 0 Å². The van der Waals surface area contributed by atoms with Gasteiger partial charge < -0.3 is 0 Å². The molecule has 0 aliphatic rings. The fourth-order valence-electron chi connectivity index (χ4n) is 1.80. The van der Waals surface area contributed by atoms with Gasteiger partial charge in [0.1, 0.15) is 0 Å². The van der Waals surface area contributed by atoms with Crippen LogP contribution in [0.5, 0.6) is 0 Å². The first-order valence-corrected chi connectivity index (χ1v) is 5.44. The first kappa shape index (κ1) is 11.3. The highest BCUT2D eigenvalue weighted by Gasteiger charge is 2.01. The second-order valence-corrected chi connectivity index (χ2v) is 3.79. The molecule has 0 saturated heterocycles. The van der Waals surface area contributed by atoms with Gasteiger partial charge >= 0.3 is 0 Å². The van der Waals surface area contributed by atoms with E-state index in [1.54, 1.807) is 0 Å². The fourth-order valence-corrected chi connectivity index (χ4v) is 1.80. The van der Waals surface area contributed by atoms with Crippen LogP contribution in [0.25, 0.3) is 0 Å². The molecule has 0 aliphatic heterocycles. The van der Waals surface area contributed by atoms with Crippen LogP contribution in [0.2, 0.25) is 0 Å². The average molecular weight is 222 g/mol. The minimum Gasteiger partial charge on any atom is -0.265 e. The summed E-state index contributed by atoms with van der Waals surface area (Å²) in [5.74, 6) is 0. The maximum absolute atomic E-state index is 4.02. The number of nitrogens with zero attached hydrogens (tertiary/aromatic N) is 2. The van der Waals surface area contributed by atoms with E-state index < -0.39 is 0 Å². The van der Waals surface area contributed by atoms with Gasteiger partial charge in [-0.1, -0.05) is 30.3 Å². The van der Waals surface area contributed by atoms with E-state index in [-0.39, 0.29) is 0 Å². The molecule has 84 valence electrons. The smallest absolute Gasteiger partial charge is 0.0657 e. The van der Waals surface area contributed by atoms with Crippen molar-refractivity contribution in [3.8, 4) is 0 Å². The van der Waals surface area contributed by atoms with Crippen LogP contribution >= 0.6 is 0 Å². The molecule has 0 aromatic heterocycles. The highest BCUT2D eigenvalue weighted by atomic mass is 14.7. The topological polar surface area (TPSA) is 24.7 Å². The minimum absolute atomic E-state index is 0.832. The van der Waals surface area contributed by atoms with E-state index in [2.05, 4.69) is 35.6 Å². The molecule has 0 heterocycles. The first-order valence-electron chi connectivity index (χ1n) is 5.44. The summed E-state index contributed by atoms with van der Waals surface area (Å²) < 4.78 is 0. The molecular weight excluding hydrogens is 208 g/mol. The van der Waals surface area contributed by atoms with Crippen LogP contribution in [-0.2, 0) is 6.42 Å². The minimum atomic E-state index is 0.832. The fraction of sp³-hybridized carbons (Fsp3) is 0.0667. The number of para-hydroxylation sites is 1. The summed E-state index contributed by atoms with van der Waals surface area (Å²) in [7, 11) is 0. The lowest BCUT2D eigenvalue weighted by Crippen LogP contribution is -1.88. The van der Waals surface area contributed by atoms with Gasteiger partial charge in [0, 0.05) is 0 Å². The number of hydrogen-bond donors (Lipinski definition) is 0. The molecule has 0 unspecified atom stereocenters. The maximum Gasteiger partial charge on any atom is 0.0657 e. The molecule has 0 saturated carbocycles. The Kier molecular flexibility index (Phi) is 3.46. The SMILES string of the molecule is C=Nc1cccc(Cc2ccccc2N=C)c1. The Morgan fingerprint density at radius 3 is 2.47 bits per heavy atom. The number of hydrogen-bond acceptors (Lipinski definition) is 2. The van der Waals surface area contributed by atoms with Gasteiger partial charge in [-0.3, -0.25) is 9.98 Å². The van der Waals surface area contributed by atoms with Crippen LogP contribution in [0.3, 0.4) is 0 Å². The second kappa shape index (κ2) is 5.21. The van der Waals surface area contributed by atoms with Gasteiger partial charge in [0.25, 0.3) is 0 Å². The molecular formula is C15H14N2. The van der Waals surface area contributed by atoms with E-state index in [4.69, 9.17) is 0 Å². The van der Waals surface area contributed by atoms with E-state index in [1.165, 1.54) is 11.1 Å². The van der Waals surface area contributed by atoms with Crippen LogP contribution < -0.4 is 0 Å². The van der Waals surface area contributed by atoms with E-state index in [0.717, 1.165) is 17.8 Å². The summed E-state index contributed by atoms with van der Waals surface area (Å²) in [6.07, 6.45) is 0.832. The third-order valence-electron chi connectivity index (χ3n) is 2.65. The Morgan fingerprint density at radius 1 is 0.882 bits per heavy atom. The van der Waals surface area contributed by atoms with E-state index in [0.29, 0.717) is 0 Å². The zero-order chi connectivity index (χ0) is 12.1. The zero-order valence-electron chi connectivity index (χ0n) is 9.63. The van der Waals surface area contributed by atoms with Crippen LogP contribution in [-0.4, -0.2) is 13.4 Å². The molecule has 2 rings (SSSR count). The molecule has 0 bridgehead atoms. The van der Waals surface area contributed by atoms with E-state index in [1.807, 2.05) is 36.4 Å². The normalized spacial score (nSPS) is 9.88. The summed E-state index contributed by atoms with van der Waals surface area (Å²) in [5, 5.41) is 0. The Morgan fingerprint density at radius 2 is 1.71 bits per heavy atom. The zero-order valence-corrected chi connectivity index (χ0v) is 9.63. The first-order chi connectivity index (χ1) is 8.33. The lowest BCUT2D eigenvalue weighted by molar-refractivity contribution is 1.18. The quantitative estimate of drug-likeness (QED) is 0.700. The van der Waals surface area contributed by atoms with Gasteiger partial charge in [0.05, 0.1) is 11.4 Å². The third kappa shape index (κ3) is 2.67. The monoisotopic (exact) mass is 222 g/mol. The lowest BCUT2D eigenvalue weighted by Gasteiger charge is -2.05. The van der Waals surface area contributed by atoms with Crippen molar-refractivity contribution in [1.82, 2.24) is 0 Å². The van der Waals surface area contributed by atoms with E-state index in [9.17, 15) is 0 Å². The van der Waals surface area contributed by atoms with Crippen LogP contribution in [0.1, 0.15) is 11.1 Å². The Balaban J connectivity index is 2.30. The van der Waals surface area contributed by atoms with Gasteiger partial charge in [-0.25, -0.2) is 0 Å². The molecule has 17 heavy (non-hydrogen) atoms. The van der Waals surface area contributed by atoms with Crippen molar-refractivity contribution in [3.63, 3.8) is 0 Å². The van der Waals surface area contributed by atoms with Gasteiger partial charge in [0.15, 0.2) is 0 Å². The van der Waals surface area contributed by atoms with Gasteiger partial charge in [-0.05, 0) is 49.2 Å². The molecule has 0 aliphatic carbocycles. The third-order valence-corrected chi connectivity index (χ3v) is 2.65. The number of rotatable bonds is 4. The average Bonchev–Trinajstić information content (AvgIpc) is 2.39. The second-order valence-electron chi connectivity index (χ2n) is 3.79. The maximum atomic E-state index is 4.02. The molecule has 0 atom stereocenters. The summed E-state index contributed by atoms with van der Waals surface area (Å²) in [6.45, 7) is 7.12. The predicted molar refractivity (Wildman–Crippen MR) is 74.1 cm³/mol. The highest BCUT2D eigenvalue weighted by molar-refractivity contribution is 5.54.